The minimum Gasteiger partial charge on any atom is -0.212 e. The van der Waals surface area contributed by atoms with Crippen LogP contribution in [-0.2, 0) is 10.0 Å². The fourth-order valence-electron chi connectivity index (χ4n) is 2.30. The highest BCUT2D eigenvalue weighted by Crippen LogP contribution is 2.25. The predicted molar refractivity (Wildman–Crippen MR) is 67.8 cm³/mol. The van der Waals surface area contributed by atoms with Crippen LogP contribution in [0.25, 0.3) is 0 Å². The van der Waals surface area contributed by atoms with Gasteiger partial charge in [-0.25, -0.2) is 13.1 Å². The Balaban J connectivity index is 2.53. The molecule has 1 rings (SSSR count). The summed E-state index contributed by atoms with van der Waals surface area (Å²) in [6.45, 7) is 5.46. The first-order valence-corrected chi connectivity index (χ1v) is 7.99. The molecule has 3 nitrogen and oxygen atoms in total. The molecule has 0 bridgehead atoms. The number of hydrogen-bond donors (Lipinski definition) is 1. The fraction of sp³-hybridized carbons (Fsp3) is 1.00. The van der Waals surface area contributed by atoms with Crippen molar-refractivity contribution in [3.63, 3.8) is 0 Å². The Kier molecular flexibility index (Phi) is 5.25. The number of nitrogens with one attached hydrogen (secondary N) is 1. The third-order valence-corrected chi connectivity index (χ3v) is 5.52. The van der Waals surface area contributed by atoms with Gasteiger partial charge in [-0.1, -0.05) is 25.7 Å². The van der Waals surface area contributed by atoms with E-state index >= 15 is 0 Å². The molecule has 96 valence electrons. The molecular formula is C12H25NO2S. The van der Waals surface area contributed by atoms with E-state index in [0.29, 0.717) is 5.92 Å². The first kappa shape index (κ1) is 14.0. The van der Waals surface area contributed by atoms with Gasteiger partial charge >= 0.3 is 0 Å². The molecule has 0 aromatic carbocycles. The summed E-state index contributed by atoms with van der Waals surface area (Å²) < 4.78 is 26.3. The number of hydrogen-bond acceptors (Lipinski definition) is 2. The summed E-state index contributed by atoms with van der Waals surface area (Å²) in [6, 6.07) is 0.0884. The lowest BCUT2D eigenvalue weighted by Crippen LogP contribution is -2.41. The topological polar surface area (TPSA) is 46.2 Å². The molecule has 0 aromatic rings. The Hall–Kier alpha value is -0.0900. The summed E-state index contributed by atoms with van der Waals surface area (Å²) in [7, 11) is -3.11. The van der Waals surface area contributed by atoms with Crippen LogP contribution in [0.1, 0.15) is 59.3 Å². The second-order valence-corrected chi connectivity index (χ2v) is 7.52. The van der Waals surface area contributed by atoms with Crippen LogP contribution in [0.5, 0.6) is 0 Å². The van der Waals surface area contributed by atoms with E-state index in [-0.39, 0.29) is 11.3 Å². The van der Waals surface area contributed by atoms with E-state index in [9.17, 15) is 8.42 Å². The Labute approximate surface area is 100 Å². The number of sulfonamides is 1. The Morgan fingerprint density at radius 2 is 1.50 bits per heavy atom. The summed E-state index contributed by atoms with van der Waals surface area (Å²) >= 11 is 0. The predicted octanol–water partition coefficient (Wildman–Crippen LogP) is 2.67. The Morgan fingerprint density at radius 1 is 1.00 bits per heavy atom. The first-order chi connectivity index (χ1) is 7.43. The Bertz CT molecular complexity index is 290. The van der Waals surface area contributed by atoms with Gasteiger partial charge in [0.2, 0.25) is 10.0 Å². The smallest absolute Gasteiger partial charge is 0.212 e. The van der Waals surface area contributed by atoms with E-state index in [4.69, 9.17) is 0 Å². The Morgan fingerprint density at radius 3 is 1.94 bits per heavy atom. The summed E-state index contributed by atoms with van der Waals surface area (Å²) in [6.07, 6.45) is 7.45. The lowest BCUT2D eigenvalue weighted by molar-refractivity contribution is 0.370. The molecule has 1 saturated carbocycles. The molecule has 0 radical (unpaired) electrons. The molecule has 1 aliphatic rings. The minimum absolute atomic E-state index is 0.0884. The molecule has 16 heavy (non-hydrogen) atoms. The summed E-state index contributed by atoms with van der Waals surface area (Å²) in [5, 5.41) is -0.333. The molecule has 0 heterocycles. The maximum absolute atomic E-state index is 11.8. The third-order valence-electron chi connectivity index (χ3n) is 3.58. The van der Waals surface area contributed by atoms with E-state index in [2.05, 4.69) is 4.72 Å². The van der Waals surface area contributed by atoms with Crippen LogP contribution in [0.3, 0.4) is 0 Å². The van der Waals surface area contributed by atoms with Crippen molar-refractivity contribution in [3.8, 4) is 0 Å². The highest BCUT2D eigenvalue weighted by Gasteiger charge is 2.24. The van der Waals surface area contributed by atoms with Crippen molar-refractivity contribution >= 4 is 10.0 Å². The number of rotatable bonds is 4. The van der Waals surface area contributed by atoms with Gasteiger partial charge in [0, 0.05) is 6.04 Å². The van der Waals surface area contributed by atoms with Crippen LogP contribution in [0.15, 0.2) is 0 Å². The first-order valence-electron chi connectivity index (χ1n) is 6.44. The monoisotopic (exact) mass is 247 g/mol. The molecule has 1 atom stereocenters. The molecule has 0 spiro atoms. The van der Waals surface area contributed by atoms with Gasteiger partial charge in [0.05, 0.1) is 5.25 Å². The largest absolute Gasteiger partial charge is 0.214 e. The minimum atomic E-state index is -3.11. The SMILES string of the molecule is CC(C)S(=O)(=O)N[C@H](C)C1CCCCCC1. The van der Waals surface area contributed by atoms with Crippen molar-refractivity contribution in [2.45, 2.75) is 70.6 Å². The van der Waals surface area contributed by atoms with Crippen molar-refractivity contribution in [2.24, 2.45) is 5.92 Å². The van der Waals surface area contributed by atoms with Gasteiger partial charge in [0.1, 0.15) is 0 Å². The van der Waals surface area contributed by atoms with E-state index < -0.39 is 10.0 Å². The quantitative estimate of drug-likeness (QED) is 0.776. The van der Waals surface area contributed by atoms with Crippen molar-refractivity contribution in [2.75, 3.05) is 0 Å². The second kappa shape index (κ2) is 6.01. The summed E-state index contributed by atoms with van der Waals surface area (Å²) in [4.78, 5) is 0. The lowest BCUT2D eigenvalue weighted by atomic mass is 9.94. The second-order valence-electron chi connectivity index (χ2n) is 5.25. The molecule has 1 N–H and O–H groups in total. The molecule has 0 amide bonds. The van der Waals surface area contributed by atoms with Gasteiger partial charge in [-0.3, -0.25) is 0 Å². The molecule has 1 aliphatic carbocycles. The molecule has 0 aliphatic heterocycles. The molecule has 0 aromatic heterocycles. The van der Waals surface area contributed by atoms with Gasteiger partial charge in [-0.05, 0) is 39.5 Å². The molecule has 0 saturated heterocycles. The molecule has 4 heteroatoms. The zero-order valence-corrected chi connectivity index (χ0v) is 11.5. The van der Waals surface area contributed by atoms with Crippen molar-refractivity contribution in [1.82, 2.24) is 4.72 Å². The van der Waals surface area contributed by atoms with Crippen molar-refractivity contribution in [1.29, 1.82) is 0 Å². The molecular weight excluding hydrogens is 222 g/mol. The third kappa shape index (κ3) is 4.06. The maximum Gasteiger partial charge on any atom is 0.214 e. The van der Waals surface area contributed by atoms with Crippen LogP contribution in [0, 0.1) is 5.92 Å². The van der Waals surface area contributed by atoms with Gasteiger partial charge < -0.3 is 0 Å². The molecule has 0 unspecified atom stereocenters. The zero-order chi connectivity index (χ0) is 12.2. The summed E-state index contributed by atoms with van der Waals surface area (Å²) in [5.41, 5.74) is 0. The van der Waals surface area contributed by atoms with Crippen LogP contribution in [0.2, 0.25) is 0 Å². The maximum atomic E-state index is 11.8. The van der Waals surface area contributed by atoms with Crippen LogP contribution in [-0.4, -0.2) is 19.7 Å². The average Bonchev–Trinajstić information content (AvgIpc) is 2.44. The van der Waals surface area contributed by atoms with Gasteiger partial charge in [0.15, 0.2) is 0 Å². The van der Waals surface area contributed by atoms with Crippen LogP contribution in [0.4, 0.5) is 0 Å². The van der Waals surface area contributed by atoms with Crippen LogP contribution >= 0.6 is 0 Å². The fourth-order valence-corrected chi connectivity index (χ4v) is 3.29. The highest BCUT2D eigenvalue weighted by atomic mass is 32.2. The van der Waals surface area contributed by atoms with Gasteiger partial charge in [0.25, 0.3) is 0 Å². The van der Waals surface area contributed by atoms with E-state index in [0.717, 1.165) is 0 Å². The van der Waals surface area contributed by atoms with E-state index in [1.54, 1.807) is 13.8 Å². The average molecular weight is 247 g/mol. The van der Waals surface area contributed by atoms with Crippen molar-refractivity contribution < 1.29 is 8.42 Å². The van der Waals surface area contributed by atoms with Gasteiger partial charge in [-0.15, -0.1) is 0 Å². The normalized spacial score (nSPS) is 22.0. The van der Waals surface area contributed by atoms with E-state index in [1.165, 1.54) is 38.5 Å². The van der Waals surface area contributed by atoms with Gasteiger partial charge in [-0.2, -0.15) is 0 Å². The van der Waals surface area contributed by atoms with Crippen molar-refractivity contribution in [3.05, 3.63) is 0 Å². The highest BCUT2D eigenvalue weighted by molar-refractivity contribution is 7.90. The summed E-state index contributed by atoms with van der Waals surface area (Å²) in [5.74, 6) is 0.524. The molecule has 1 fully saturated rings. The van der Waals surface area contributed by atoms with Crippen LogP contribution < -0.4 is 4.72 Å². The standard InChI is InChI=1S/C12H25NO2S/c1-10(2)16(14,15)13-11(3)12-8-6-4-5-7-9-12/h10-13H,4-9H2,1-3H3/t11-/m1/s1. The zero-order valence-electron chi connectivity index (χ0n) is 10.7. The van der Waals surface area contributed by atoms with E-state index in [1.807, 2.05) is 6.92 Å². The lowest BCUT2D eigenvalue weighted by Gasteiger charge is -2.24.